The van der Waals surface area contributed by atoms with Gasteiger partial charge in [0, 0.05) is 6.42 Å². The molecule has 0 saturated carbocycles. The number of hydrogen-bond acceptors (Lipinski definition) is 9. The molecule has 0 aromatic carbocycles. The summed E-state index contributed by atoms with van der Waals surface area (Å²) in [5, 5.41) is 17.4. The van der Waals surface area contributed by atoms with Crippen molar-refractivity contribution >= 4 is 17.9 Å². The summed E-state index contributed by atoms with van der Waals surface area (Å²) in [7, 11) is 0. The van der Waals surface area contributed by atoms with E-state index in [2.05, 4.69) is 20.8 Å². The summed E-state index contributed by atoms with van der Waals surface area (Å²) in [4.78, 5) is 38.4. The molecule has 12 nitrogen and oxygen atoms in total. The lowest BCUT2D eigenvalue weighted by molar-refractivity contribution is -0.139. The van der Waals surface area contributed by atoms with E-state index < -0.39 is 42.6 Å². The highest BCUT2D eigenvalue weighted by atomic mass is 16.5. The molecular formula is C12H18N6O6. The van der Waals surface area contributed by atoms with Gasteiger partial charge >= 0.3 is 12.0 Å². The van der Waals surface area contributed by atoms with Crippen LogP contribution in [0.5, 0.6) is 0 Å². The van der Waals surface area contributed by atoms with Crippen molar-refractivity contribution in [1.82, 2.24) is 20.8 Å². The molecule has 24 heavy (non-hydrogen) atoms. The standard InChI is InChI=1S/C12H18N6O6/c13-5(4-19)9-17-10(24-18-9)7(3-8(14)20)16-12(22)15-6-1-2-23-11(6)21/h5-7,19H,1-4,13H2,(H2,14,20)(H2,15,16,22)/t5-,6-,7-/m0/s1. The average molecular weight is 342 g/mol. The Balaban J connectivity index is 2.04. The highest BCUT2D eigenvalue weighted by Gasteiger charge is 2.30. The van der Waals surface area contributed by atoms with Crippen molar-refractivity contribution in [3.63, 3.8) is 0 Å². The fourth-order valence-electron chi connectivity index (χ4n) is 2.01. The molecular weight excluding hydrogens is 324 g/mol. The first-order chi connectivity index (χ1) is 11.4. The zero-order valence-corrected chi connectivity index (χ0v) is 12.6. The average Bonchev–Trinajstić information content (AvgIpc) is 3.15. The van der Waals surface area contributed by atoms with E-state index >= 15 is 0 Å². The van der Waals surface area contributed by atoms with E-state index in [0.717, 1.165) is 0 Å². The summed E-state index contributed by atoms with van der Waals surface area (Å²) in [5.74, 6) is -1.34. The number of aliphatic hydroxyl groups excluding tert-OH is 1. The molecule has 1 fully saturated rings. The Morgan fingerprint density at radius 3 is 2.79 bits per heavy atom. The van der Waals surface area contributed by atoms with Gasteiger partial charge < -0.3 is 36.5 Å². The van der Waals surface area contributed by atoms with Crippen LogP contribution in [-0.4, -0.2) is 52.4 Å². The maximum absolute atomic E-state index is 12.0. The summed E-state index contributed by atoms with van der Waals surface area (Å²) < 4.78 is 9.68. The van der Waals surface area contributed by atoms with Gasteiger partial charge in [-0.25, -0.2) is 9.59 Å². The van der Waals surface area contributed by atoms with Crippen LogP contribution in [0.25, 0.3) is 0 Å². The molecule has 1 aliphatic rings. The van der Waals surface area contributed by atoms with Crippen LogP contribution in [0.4, 0.5) is 4.79 Å². The minimum atomic E-state index is -1.01. The molecule has 132 valence electrons. The SMILES string of the molecule is NC(=O)C[C@H](NC(=O)N[C@H]1CCOC1=O)c1nc([C@@H](N)CO)no1. The first-order valence-electron chi connectivity index (χ1n) is 7.12. The first-order valence-corrected chi connectivity index (χ1v) is 7.12. The van der Waals surface area contributed by atoms with E-state index in [1.165, 1.54) is 0 Å². The number of carbonyl (C=O) groups excluding carboxylic acids is 3. The number of hydrogen-bond donors (Lipinski definition) is 5. The number of ether oxygens (including phenoxy) is 1. The Labute approximate surface area is 135 Å². The zero-order valence-electron chi connectivity index (χ0n) is 12.6. The molecule has 1 aliphatic heterocycles. The molecule has 0 unspecified atom stereocenters. The zero-order chi connectivity index (χ0) is 17.7. The van der Waals surface area contributed by atoms with Gasteiger partial charge in [0.05, 0.1) is 25.7 Å². The second-order valence-electron chi connectivity index (χ2n) is 5.13. The van der Waals surface area contributed by atoms with Gasteiger partial charge in [0.1, 0.15) is 12.1 Å². The highest BCUT2D eigenvalue weighted by molar-refractivity contribution is 5.85. The lowest BCUT2D eigenvalue weighted by Gasteiger charge is -2.15. The van der Waals surface area contributed by atoms with Gasteiger partial charge in [-0.1, -0.05) is 5.16 Å². The number of carbonyl (C=O) groups is 3. The highest BCUT2D eigenvalue weighted by Crippen LogP contribution is 2.16. The topological polar surface area (TPSA) is 196 Å². The van der Waals surface area contributed by atoms with E-state index in [1.54, 1.807) is 0 Å². The Kier molecular flexibility index (Phi) is 5.65. The normalized spacial score (nSPS) is 19.4. The van der Waals surface area contributed by atoms with Crippen molar-refractivity contribution in [2.75, 3.05) is 13.2 Å². The summed E-state index contributed by atoms with van der Waals surface area (Å²) in [5.41, 5.74) is 10.7. The van der Waals surface area contributed by atoms with Crippen molar-refractivity contribution in [1.29, 1.82) is 0 Å². The number of nitrogens with zero attached hydrogens (tertiary/aromatic N) is 2. The predicted molar refractivity (Wildman–Crippen MR) is 75.9 cm³/mol. The van der Waals surface area contributed by atoms with Crippen LogP contribution in [0.3, 0.4) is 0 Å². The number of esters is 1. The minimum Gasteiger partial charge on any atom is -0.464 e. The number of nitrogens with one attached hydrogen (secondary N) is 2. The number of primary amides is 1. The van der Waals surface area contributed by atoms with Crippen molar-refractivity contribution < 1.29 is 28.8 Å². The molecule has 0 spiro atoms. The van der Waals surface area contributed by atoms with Crippen LogP contribution < -0.4 is 22.1 Å². The Hall–Kier alpha value is -2.73. The summed E-state index contributed by atoms with van der Waals surface area (Å²) in [6.45, 7) is -0.183. The molecule has 12 heteroatoms. The number of rotatable bonds is 7. The van der Waals surface area contributed by atoms with Gasteiger partial charge in [-0.15, -0.1) is 0 Å². The van der Waals surface area contributed by atoms with Crippen LogP contribution >= 0.6 is 0 Å². The molecule has 3 atom stereocenters. The molecule has 2 heterocycles. The fraction of sp³-hybridized carbons (Fsp3) is 0.583. The lowest BCUT2D eigenvalue weighted by Crippen LogP contribution is -2.46. The van der Waals surface area contributed by atoms with E-state index in [1.807, 2.05) is 0 Å². The van der Waals surface area contributed by atoms with Gasteiger partial charge in [0.15, 0.2) is 5.82 Å². The molecule has 0 radical (unpaired) electrons. The second-order valence-corrected chi connectivity index (χ2v) is 5.13. The molecule has 0 aliphatic carbocycles. The Bertz CT molecular complexity index is 619. The smallest absolute Gasteiger partial charge is 0.328 e. The largest absolute Gasteiger partial charge is 0.464 e. The van der Waals surface area contributed by atoms with E-state index in [0.29, 0.717) is 6.42 Å². The summed E-state index contributed by atoms with van der Waals surface area (Å²) in [6, 6.07) is -3.36. The van der Waals surface area contributed by atoms with Crippen LogP contribution in [0.2, 0.25) is 0 Å². The molecule has 1 aromatic heterocycles. The molecule has 0 bridgehead atoms. The van der Waals surface area contributed by atoms with E-state index in [4.69, 9.17) is 25.8 Å². The van der Waals surface area contributed by atoms with Crippen molar-refractivity contribution in [3.8, 4) is 0 Å². The van der Waals surface area contributed by atoms with Gasteiger partial charge in [-0.2, -0.15) is 4.98 Å². The van der Waals surface area contributed by atoms with Crippen LogP contribution in [0.15, 0.2) is 4.52 Å². The fourth-order valence-corrected chi connectivity index (χ4v) is 2.01. The monoisotopic (exact) mass is 342 g/mol. The number of cyclic esters (lactones) is 1. The van der Waals surface area contributed by atoms with Crippen LogP contribution in [0, 0.1) is 0 Å². The summed E-state index contributed by atoms with van der Waals surface area (Å²) in [6.07, 6.45) is 0.0430. The number of amides is 3. The third-order valence-electron chi connectivity index (χ3n) is 3.24. The molecule has 1 saturated heterocycles. The minimum absolute atomic E-state index is 0.0172. The number of aliphatic hydroxyl groups is 1. The van der Waals surface area contributed by atoms with Crippen molar-refractivity contribution in [3.05, 3.63) is 11.7 Å². The van der Waals surface area contributed by atoms with E-state index in [-0.39, 0.29) is 24.7 Å². The first kappa shape index (κ1) is 17.6. The van der Waals surface area contributed by atoms with Crippen molar-refractivity contribution in [2.24, 2.45) is 11.5 Å². The number of nitrogens with two attached hydrogens (primary N) is 2. The quantitative estimate of drug-likeness (QED) is 0.335. The maximum atomic E-state index is 12.0. The third-order valence-corrected chi connectivity index (χ3v) is 3.24. The second kappa shape index (κ2) is 7.70. The maximum Gasteiger partial charge on any atom is 0.328 e. The summed E-state index contributed by atoms with van der Waals surface area (Å²) >= 11 is 0. The van der Waals surface area contributed by atoms with E-state index in [9.17, 15) is 14.4 Å². The lowest BCUT2D eigenvalue weighted by atomic mass is 10.2. The molecule has 3 amide bonds. The number of urea groups is 1. The molecule has 1 aromatic rings. The van der Waals surface area contributed by atoms with Gasteiger partial charge in [-0.3, -0.25) is 4.79 Å². The third kappa shape index (κ3) is 4.39. The van der Waals surface area contributed by atoms with Gasteiger partial charge in [-0.05, 0) is 0 Å². The Morgan fingerprint density at radius 2 is 2.21 bits per heavy atom. The number of aromatic nitrogens is 2. The van der Waals surface area contributed by atoms with Gasteiger partial charge in [0.25, 0.3) is 0 Å². The van der Waals surface area contributed by atoms with Gasteiger partial charge in [0.2, 0.25) is 11.8 Å². The van der Waals surface area contributed by atoms with Crippen LogP contribution in [0.1, 0.15) is 36.6 Å². The predicted octanol–water partition coefficient (Wildman–Crippen LogP) is -2.41. The Morgan fingerprint density at radius 1 is 1.46 bits per heavy atom. The molecule has 2 rings (SSSR count). The van der Waals surface area contributed by atoms with Crippen molar-refractivity contribution in [2.45, 2.75) is 31.0 Å². The van der Waals surface area contributed by atoms with Crippen LogP contribution in [-0.2, 0) is 14.3 Å². The molecule has 7 N–H and O–H groups in total.